The molecule has 102 valence electrons. The molecule has 0 amide bonds. The van der Waals surface area contributed by atoms with Crippen LogP contribution in [-0.2, 0) is 13.0 Å². The smallest absolute Gasteiger partial charge is 0.162 e. The van der Waals surface area contributed by atoms with Gasteiger partial charge in [0.05, 0.1) is 11.4 Å². The molecule has 4 rings (SSSR count). The van der Waals surface area contributed by atoms with Crippen LogP contribution in [0.25, 0.3) is 11.3 Å². The van der Waals surface area contributed by atoms with Crippen LogP contribution < -0.4 is 14.8 Å². The Balaban J connectivity index is 1.81. The summed E-state index contributed by atoms with van der Waals surface area (Å²) in [4.78, 5) is 8.85. The SMILES string of the molecule is c1nc2c(c(-c3ccc4c(c3)OCCO4)n1)CNCC2. The van der Waals surface area contributed by atoms with Crippen LogP contribution in [0.5, 0.6) is 11.5 Å². The van der Waals surface area contributed by atoms with E-state index in [0.29, 0.717) is 13.2 Å². The van der Waals surface area contributed by atoms with Gasteiger partial charge in [0.15, 0.2) is 11.5 Å². The van der Waals surface area contributed by atoms with Gasteiger partial charge in [0, 0.05) is 30.6 Å². The van der Waals surface area contributed by atoms with E-state index in [1.54, 1.807) is 6.33 Å². The highest BCUT2D eigenvalue weighted by Gasteiger charge is 2.18. The minimum absolute atomic E-state index is 0.597. The fraction of sp³-hybridized carbons (Fsp3) is 0.333. The van der Waals surface area contributed by atoms with E-state index >= 15 is 0 Å². The predicted molar refractivity (Wildman–Crippen MR) is 73.9 cm³/mol. The Labute approximate surface area is 117 Å². The Morgan fingerprint density at radius 3 is 2.90 bits per heavy atom. The number of hydrogen-bond acceptors (Lipinski definition) is 5. The van der Waals surface area contributed by atoms with Crippen molar-refractivity contribution in [3.8, 4) is 22.8 Å². The second-order valence-electron chi connectivity index (χ2n) is 4.93. The molecule has 0 bridgehead atoms. The van der Waals surface area contributed by atoms with Gasteiger partial charge in [-0.3, -0.25) is 0 Å². The number of ether oxygens (including phenoxy) is 2. The van der Waals surface area contributed by atoms with Gasteiger partial charge in [-0.1, -0.05) is 0 Å². The Kier molecular flexibility index (Phi) is 2.77. The van der Waals surface area contributed by atoms with E-state index in [0.717, 1.165) is 48.0 Å². The number of aromatic nitrogens is 2. The van der Waals surface area contributed by atoms with E-state index in [9.17, 15) is 0 Å². The van der Waals surface area contributed by atoms with Crippen LogP contribution in [0.2, 0.25) is 0 Å². The number of rotatable bonds is 1. The maximum absolute atomic E-state index is 5.65. The standard InChI is InChI=1S/C15H15N3O2/c1-2-13-14(20-6-5-19-13)7-10(1)15-11-8-16-4-3-12(11)17-9-18-15/h1-2,7,9,16H,3-6,8H2. The van der Waals surface area contributed by atoms with Gasteiger partial charge in [-0.25, -0.2) is 9.97 Å². The third kappa shape index (κ3) is 1.91. The fourth-order valence-electron chi connectivity index (χ4n) is 2.71. The molecular formula is C15H15N3O2. The summed E-state index contributed by atoms with van der Waals surface area (Å²) in [5, 5.41) is 3.38. The number of nitrogens with one attached hydrogen (secondary N) is 1. The molecule has 1 aromatic heterocycles. The quantitative estimate of drug-likeness (QED) is 0.851. The minimum atomic E-state index is 0.597. The second-order valence-corrected chi connectivity index (χ2v) is 4.93. The molecule has 0 spiro atoms. The molecule has 3 heterocycles. The van der Waals surface area contributed by atoms with Crippen molar-refractivity contribution < 1.29 is 9.47 Å². The fourth-order valence-corrected chi connectivity index (χ4v) is 2.71. The highest BCUT2D eigenvalue weighted by molar-refractivity contribution is 5.67. The summed E-state index contributed by atoms with van der Waals surface area (Å²) in [6.45, 7) is 3.00. The molecule has 1 aromatic carbocycles. The second kappa shape index (κ2) is 4.76. The van der Waals surface area contributed by atoms with Crippen molar-refractivity contribution in [3.05, 3.63) is 35.8 Å². The molecule has 0 radical (unpaired) electrons. The van der Waals surface area contributed by atoms with Crippen molar-refractivity contribution in [3.63, 3.8) is 0 Å². The van der Waals surface area contributed by atoms with Crippen LogP contribution in [0.1, 0.15) is 11.3 Å². The van der Waals surface area contributed by atoms with Crippen LogP contribution in [0.4, 0.5) is 0 Å². The van der Waals surface area contributed by atoms with Gasteiger partial charge in [0.1, 0.15) is 19.5 Å². The summed E-state index contributed by atoms with van der Waals surface area (Å²) >= 11 is 0. The van der Waals surface area contributed by atoms with Gasteiger partial charge in [-0.2, -0.15) is 0 Å². The van der Waals surface area contributed by atoms with Gasteiger partial charge in [-0.05, 0) is 18.2 Å². The average Bonchev–Trinajstić information content (AvgIpc) is 2.54. The summed E-state index contributed by atoms with van der Waals surface area (Å²) < 4.78 is 11.2. The Morgan fingerprint density at radius 1 is 1.05 bits per heavy atom. The maximum Gasteiger partial charge on any atom is 0.162 e. The lowest BCUT2D eigenvalue weighted by Gasteiger charge is -2.21. The first-order valence-corrected chi connectivity index (χ1v) is 6.85. The van der Waals surface area contributed by atoms with E-state index in [2.05, 4.69) is 15.3 Å². The number of hydrogen-bond donors (Lipinski definition) is 1. The van der Waals surface area contributed by atoms with Gasteiger partial charge in [0.2, 0.25) is 0 Å². The maximum atomic E-state index is 5.65. The molecule has 5 nitrogen and oxygen atoms in total. The van der Waals surface area contributed by atoms with E-state index in [1.807, 2.05) is 18.2 Å². The lowest BCUT2D eigenvalue weighted by molar-refractivity contribution is 0.171. The summed E-state index contributed by atoms with van der Waals surface area (Å²) in [7, 11) is 0. The summed E-state index contributed by atoms with van der Waals surface area (Å²) in [5.41, 5.74) is 4.37. The van der Waals surface area contributed by atoms with E-state index in [4.69, 9.17) is 9.47 Å². The molecular weight excluding hydrogens is 254 g/mol. The molecule has 5 heteroatoms. The zero-order chi connectivity index (χ0) is 13.4. The largest absolute Gasteiger partial charge is 0.486 e. The van der Waals surface area contributed by atoms with Gasteiger partial charge in [0.25, 0.3) is 0 Å². The van der Waals surface area contributed by atoms with Crippen molar-refractivity contribution in [2.24, 2.45) is 0 Å². The van der Waals surface area contributed by atoms with Crippen LogP contribution >= 0.6 is 0 Å². The van der Waals surface area contributed by atoms with E-state index < -0.39 is 0 Å². The molecule has 2 aromatic rings. The number of benzene rings is 1. The number of fused-ring (bicyclic) bond motifs is 2. The molecule has 20 heavy (non-hydrogen) atoms. The third-order valence-corrected chi connectivity index (χ3v) is 3.69. The first kappa shape index (κ1) is 11.7. The zero-order valence-corrected chi connectivity index (χ0v) is 11.1. The Bertz CT molecular complexity index is 658. The van der Waals surface area contributed by atoms with E-state index in [1.165, 1.54) is 5.56 Å². The molecule has 0 aliphatic carbocycles. The molecule has 0 atom stereocenters. The van der Waals surface area contributed by atoms with Crippen LogP contribution in [-0.4, -0.2) is 29.7 Å². The summed E-state index contributed by atoms with van der Waals surface area (Å²) in [6, 6.07) is 5.99. The molecule has 0 unspecified atom stereocenters. The average molecular weight is 269 g/mol. The van der Waals surface area contributed by atoms with Crippen molar-refractivity contribution in [1.29, 1.82) is 0 Å². The summed E-state index contributed by atoms with van der Waals surface area (Å²) in [5.74, 6) is 1.60. The normalized spacial score (nSPS) is 16.6. The molecule has 0 fully saturated rings. The van der Waals surface area contributed by atoms with Crippen LogP contribution in [0.3, 0.4) is 0 Å². The highest BCUT2D eigenvalue weighted by atomic mass is 16.6. The molecule has 1 N–H and O–H groups in total. The van der Waals surface area contributed by atoms with E-state index in [-0.39, 0.29) is 0 Å². The number of nitrogens with zero attached hydrogens (tertiary/aromatic N) is 2. The predicted octanol–water partition coefficient (Wildman–Crippen LogP) is 1.56. The first-order valence-electron chi connectivity index (χ1n) is 6.85. The zero-order valence-electron chi connectivity index (χ0n) is 11.1. The monoisotopic (exact) mass is 269 g/mol. The molecule has 0 saturated heterocycles. The van der Waals surface area contributed by atoms with Gasteiger partial charge in [-0.15, -0.1) is 0 Å². The Morgan fingerprint density at radius 2 is 1.95 bits per heavy atom. The Hall–Kier alpha value is -2.14. The third-order valence-electron chi connectivity index (χ3n) is 3.69. The minimum Gasteiger partial charge on any atom is -0.486 e. The van der Waals surface area contributed by atoms with Crippen molar-refractivity contribution >= 4 is 0 Å². The van der Waals surface area contributed by atoms with Gasteiger partial charge >= 0.3 is 0 Å². The molecule has 2 aliphatic rings. The summed E-state index contributed by atoms with van der Waals surface area (Å²) in [6.07, 6.45) is 2.60. The lowest BCUT2D eigenvalue weighted by Crippen LogP contribution is -2.25. The first-order chi connectivity index (χ1) is 9.92. The van der Waals surface area contributed by atoms with Crippen molar-refractivity contribution in [2.75, 3.05) is 19.8 Å². The topological polar surface area (TPSA) is 56.3 Å². The van der Waals surface area contributed by atoms with Crippen molar-refractivity contribution in [2.45, 2.75) is 13.0 Å². The lowest BCUT2D eigenvalue weighted by atomic mass is 10.00. The molecule has 2 aliphatic heterocycles. The highest BCUT2D eigenvalue weighted by Crippen LogP contribution is 2.35. The van der Waals surface area contributed by atoms with Crippen LogP contribution in [0.15, 0.2) is 24.5 Å². The van der Waals surface area contributed by atoms with Crippen LogP contribution in [0, 0.1) is 0 Å². The van der Waals surface area contributed by atoms with Gasteiger partial charge < -0.3 is 14.8 Å². The molecule has 0 saturated carbocycles. The van der Waals surface area contributed by atoms with Crippen molar-refractivity contribution in [1.82, 2.24) is 15.3 Å².